The molecule has 1 saturated carbocycles. The maximum absolute atomic E-state index is 9.52. The number of aliphatic hydroxyl groups is 1. The number of aliphatic hydroxyl groups excluding tert-OH is 1. The third-order valence-corrected chi connectivity index (χ3v) is 3.36. The van der Waals surface area contributed by atoms with Crippen LogP contribution in [0.4, 0.5) is 0 Å². The molecule has 1 N–H and O–H groups in total. The molecule has 0 spiro atoms. The van der Waals surface area contributed by atoms with Crippen LogP contribution < -0.4 is 0 Å². The van der Waals surface area contributed by atoms with Crippen molar-refractivity contribution in [2.45, 2.75) is 44.9 Å². The van der Waals surface area contributed by atoms with E-state index < -0.39 is 0 Å². The fraction of sp³-hybridized carbons (Fsp3) is 0.615. The first kappa shape index (κ1) is 11.6. The smallest absolute Gasteiger partial charge is 0.0555 e. The van der Waals surface area contributed by atoms with E-state index in [0.29, 0.717) is 6.04 Å². The summed E-state index contributed by atoms with van der Waals surface area (Å²) in [6.45, 7) is 2.89. The monoisotopic (exact) mass is 220 g/mol. The summed E-state index contributed by atoms with van der Waals surface area (Å²) in [4.78, 5) is 6.80. The van der Waals surface area contributed by atoms with Crippen LogP contribution in [0, 0.1) is 6.92 Å². The highest BCUT2D eigenvalue weighted by Crippen LogP contribution is 2.23. The maximum Gasteiger partial charge on any atom is 0.0555 e. The fourth-order valence-corrected chi connectivity index (χ4v) is 2.41. The Morgan fingerprint density at radius 1 is 1.44 bits per heavy atom. The number of aryl methyl sites for hydroxylation is 1. The standard InChI is InChI=1S/C13H20N2O/c1-10-4-3-5-11(14-10)9-15(2)12-6-7-13(16)8-12/h3-5,12-13,16H,6-9H2,1-2H3. The van der Waals surface area contributed by atoms with Crippen LogP contribution >= 0.6 is 0 Å². The summed E-state index contributed by atoms with van der Waals surface area (Å²) >= 11 is 0. The molecule has 1 aliphatic rings. The maximum atomic E-state index is 9.52. The highest BCUT2D eigenvalue weighted by Gasteiger charge is 2.25. The number of nitrogens with zero attached hydrogens (tertiary/aromatic N) is 2. The van der Waals surface area contributed by atoms with Crippen LogP contribution in [0.1, 0.15) is 30.7 Å². The second-order valence-electron chi connectivity index (χ2n) is 4.81. The Balaban J connectivity index is 1.94. The lowest BCUT2D eigenvalue weighted by Gasteiger charge is -2.23. The van der Waals surface area contributed by atoms with Gasteiger partial charge in [0.1, 0.15) is 0 Å². The van der Waals surface area contributed by atoms with E-state index in [0.717, 1.165) is 37.2 Å². The van der Waals surface area contributed by atoms with E-state index in [-0.39, 0.29) is 6.10 Å². The fourth-order valence-electron chi connectivity index (χ4n) is 2.41. The molecule has 0 aromatic carbocycles. The molecule has 88 valence electrons. The van der Waals surface area contributed by atoms with Crippen LogP contribution in [0.2, 0.25) is 0 Å². The molecular weight excluding hydrogens is 200 g/mol. The number of aromatic nitrogens is 1. The molecule has 2 atom stereocenters. The zero-order chi connectivity index (χ0) is 11.5. The minimum atomic E-state index is -0.0991. The van der Waals surface area contributed by atoms with Crippen molar-refractivity contribution in [2.24, 2.45) is 0 Å². The largest absolute Gasteiger partial charge is 0.393 e. The predicted octanol–water partition coefficient (Wildman–Crippen LogP) is 1.74. The molecule has 16 heavy (non-hydrogen) atoms. The molecule has 0 aliphatic heterocycles. The zero-order valence-electron chi connectivity index (χ0n) is 10.1. The molecule has 1 fully saturated rings. The Bertz CT molecular complexity index is 354. The summed E-state index contributed by atoms with van der Waals surface area (Å²) in [5.74, 6) is 0. The summed E-state index contributed by atoms with van der Waals surface area (Å²) in [6.07, 6.45) is 2.85. The highest BCUT2D eigenvalue weighted by atomic mass is 16.3. The topological polar surface area (TPSA) is 36.4 Å². The Labute approximate surface area is 97.1 Å². The normalized spacial score (nSPS) is 25.2. The van der Waals surface area contributed by atoms with E-state index in [2.05, 4.69) is 29.1 Å². The molecule has 2 rings (SSSR count). The Hall–Kier alpha value is -0.930. The Morgan fingerprint density at radius 2 is 2.25 bits per heavy atom. The third-order valence-electron chi connectivity index (χ3n) is 3.36. The number of pyridine rings is 1. The molecule has 1 aromatic heterocycles. The lowest BCUT2D eigenvalue weighted by Crippen LogP contribution is -2.29. The van der Waals surface area contributed by atoms with E-state index in [1.807, 2.05) is 13.0 Å². The minimum Gasteiger partial charge on any atom is -0.393 e. The molecule has 2 unspecified atom stereocenters. The Morgan fingerprint density at radius 3 is 2.88 bits per heavy atom. The summed E-state index contributed by atoms with van der Waals surface area (Å²) in [5, 5.41) is 9.52. The predicted molar refractivity (Wildman–Crippen MR) is 64.1 cm³/mol. The van der Waals surface area contributed by atoms with Crippen LogP contribution in [-0.4, -0.2) is 34.2 Å². The van der Waals surface area contributed by atoms with Gasteiger partial charge in [-0.25, -0.2) is 0 Å². The molecule has 0 bridgehead atoms. The second kappa shape index (κ2) is 4.93. The molecule has 1 heterocycles. The lowest BCUT2D eigenvalue weighted by atomic mass is 10.2. The van der Waals surface area contributed by atoms with Crippen molar-refractivity contribution in [3.05, 3.63) is 29.6 Å². The van der Waals surface area contributed by atoms with Gasteiger partial charge in [-0.05, 0) is 45.4 Å². The van der Waals surface area contributed by atoms with Crippen LogP contribution in [0.3, 0.4) is 0 Å². The second-order valence-corrected chi connectivity index (χ2v) is 4.81. The average molecular weight is 220 g/mol. The van der Waals surface area contributed by atoms with Gasteiger partial charge in [0.05, 0.1) is 11.8 Å². The molecule has 3 nitrogen and oxygen atoms in total. The molecule has 3 heteroatoms. The quantitative estimate of drug-likeness (QED) is 0.843. The Kier molecular flexibility index (Phi) is 3.56. The average Bonchev–Trinajstić information content (AvgIpc) is 2.65. The van der Waals surface area contributed by atoms with E-state index in [1.165, 1.54) is 0 Å². The number of hydrogen-bond donors (Lipinski definition) is 1. The van der Waals surface area contributed by atoms with Gasteiger partial charge in [0, 0.05) is 18.3 Å². The van der Waals surface area contributed by atoms with E-state index in [9.17, 15) is 5.11 Å². The van der Waals surface area contributed by atoms with Crippen LogP contribution in [0.15, 0.2) is 18.2 Å². The van der Waals surface area contributed by atoms with Crippen molar-refractivity contribution in [1.82, 2.24) is 9.88 Å². The zero-order valence-corrected chi connectivity index (χ0v) is 10.1. The van der Waals surface area contributed by atoms with Gasteiger partial charge in [0.25, 0.3) is 0 Å². The summed E-state index contributed by atoms with van der Waals surface area (Å²) in [6, 6.07) is 6.64. The molecular formula is C13H20N2O. The van der Waals surface area contributed by atoms with Crippen LogP contribution in [-0.2, 0) is 6.54 Å². The molecule has 1 aromatic rings. The summed E-state index contributed by atoms with van der Waals surface area (Å²) in [7, 11) is 2.12. The first-order valence-electron chi connectivity index (χ1n) is 5.96. The van der Waals surface area contributed by atoms with Gasteiger partial charge >= 0.3 is 0 Å². The van der Waals surface area contributed by atoms with Gasteiger partial charge in [-0.2, -0.15) is 0 Å². The van der Waals surface area contributed by atoms with Crippen LogP contribution in [0.5, 0.6) is 0 Å². The van der Waals surface area contributed by atoms with Crippen molar-refractivity contribution in [2.75, 3.05) is 7.05 Å². The number of rotatable bonds is 3. The minimum absolute atomic E-state index is 0.0991. The number of hydrogen-bond acceptors (Lipinski definition) is 3. The van der Waals surface area contributed by atoms with E-state index in [4.69, 9.17) is 0 Å². The molecule has 0 radical (unpaired) electrons. The highest BCUT2D eigenvalue weighted by molar-refractivity contribution is 5.09. The van der Waals surface area contributed by atoms with Gasteiger partial charge in [-0.15, -0.1) is 0 Å². The van der Waals surface area contributed by atoms with E-state index in [1.54, 1.807) is 0 Å². The molecule has 1 aliphatic carbocycles. The van der Waals surface area contributed by atoms with Crippen molar-refractivity contribution in [3.8, 4) is 0 Å². The summed E-state index contributed by atoms with van der Waals surface area (Å²) < 4.78 is 0. The first-order chi connectivity index (χ1) is 7.65. The van der Waals surface area contributed by atoms with Crippen molar-refractivity contribution in [3.63, 3.8) is 0 Å². The lowest BCUT2D eigenvalue weighted by molar-refractivity contribution is 0.160. The van der Waals surface area contributed by atoms with Gasteiger partial charge in [-0.3, -0.25) is 9.88 Å². The van der Waals surface area contributed by atoms with Crippen molar-refractivity contribution in [1.29, 1.82) is 0 Å². The molecule has 0 amide bonds. The SMILES string of the molecule is Cc1cccc(CN(C)C2CCC(O)C2)n1. The van der Waals surface area contributed by atoms with E-state index >= 15 is 0 Å². The first-order valence-corrected chi connectivity index (χ1v) is 5.96. The van der Waals surface area contributed by atoms with Crippen LogP contribution in [0.25, 0.3) is 0 Å². The van der Waals surface area contributed by atoms with Gasteiger partial charge < -0.3 is 5.11 Å². The molecule has 0 saturated heterocycles. The van der Waals surface area contributed by atoms with Gasteiger partial charge in [0.2, 0.25) is 0 Å². The van der Waals surface area contributed by atoms with Gasteiger partial charge in [0.15, 0.2) is 0 Å². The van der Waals surface area contributed by atoms with Crippen molar-refractivity contribution < 1.29 is 5.11 Å². The third kappa shape index (κ3) is 2.80. The summed E-state index contributed by atoms with van der Waals surface area (Å²) in [5.41, 5.74) is 2.18. The van der Waals surface area contributed by atoms with Gasteiger partial charge in [-0.1, -0.05) is 6.07 Å². The van der Waals surface area contributed by atoms with Crippen molar-refractivity contribution >= 4 is 0 Å².